The molecular formula is C18H23NO. The SMILES string of the molecule is CCC(=Cc1cccc2ccccc12)CNCCOC. The second-order valence-corrected chi connectivity index (χ2v) is 4.89. The molecule has 2 rings (SSSR count). The molecule has 2 heteroatoms. The van der Waals surface area contributed by atoms with Crippen molar-refractivity contribution >= 4 is 16.8 Å². The minimum Gasteiger partial charge on any atom is -0.383 e. The molecule has 0 unspecified atom stereocenters. The Morgan fingerprint density at radius 1 is 1.15 bits per heavy atom. The number of rotatable bonds is 7. The van der Waals surface area contributed by atoms with E-state index in [-0.39, 0.29) is 0 Å². The third-order valence-electron chi connectivity index (χ3n) is 3.47. The summed E-state index contributed by atoms with van der Waals surface area (Å²) in [5, 5.41) is 6.03. The molecule has 0 aliphatic carbocycles. The molecule has 0 heterocycles. The van der Waals surface area contributed by atoms with Crippen molar-refractivity contribution in [1.82, 2.24) is 5.32 Å². The van der Waals surface area contributed by atoms with E-state index in [2.05, 4.69) is 60.8 Å². The molecule has 0 atom stereocenters. The van der Waals surface area contributed by atoms with E-state index in [9.17, 15) is 0 Å². The van der Waals surface area contributed by atoms with Gasteiger partial charge in [-0.15, -0.1) is 0 Å². The van der Waals surface area contributed by atoms with Gasteiger partial charge < -0.3 is 10.1 Å². The quantitative estimate of drug-likeness (QED) is 0.770. The summed E-state index contributed by atoms with van der Waals surface area (Å²) in [6, 6.07) is 15.0. The van der Waals surface area contributed by atoms with E-state index in [1.165, 1.54) is 21.9 Å². The predicted molar refractivity (Wildman–Crippen MR) is 87.0 cm³/mol. The Labute approximate surface area is 121 Å². The maximum absolute atomic E-state index is 5.05. The molecule has 2 aromatic carbocycles. The molecule has 0 aromatic heterocycles. The predicted octanol–water partition coefficient (Wildman–Crippen LogP) is 3.87. The minimum atomic E-state index is 0.755. The smallest absolute Gasteiger partial charge is 0.0587 e. The molecule has 0 aliphatic heterocycles. The third kappa shape index (κ3) is 3.92. The van der Waals surface area contributed by atoms with Crippen LogP contribution < -0.4 is 5.32 Å². The maximum atomic E-state index is 5.05. The van der Waals surface area contributed by atoms with Crippen molar-refractivity contribution in [3.05, 3.63) is 53.6 Å². The van der Waals surface area contributed by atoms with Gasteiger partial charge in [-0.1, -0.05) is 61.0 Å². The van der Waals surface area contributed by atoms with Crippen LogP contribution in [-0.2, 0) is 4.74 Å². The molecule has 0 spiro atoms. The monoisotopic (exact) mass is 269 g/mol. The topological polar surface area (TPSA) is 21.3 Å². The zero-order valence-corrected chi connectivity index (χ0v) is 12.4. The third-order valence-corrected chi connectivity index (χ3v) is 3.47. The summed E-state index contributed by atoms with van der Waals surface area (Å²) >= 11 is 0. The fraction of sp³-hybridized carbons (Fsp3) is 0.333. The summed E-state index contributed by atoms with van der Waals surface area (Å²) in [7, 11) is 1.73. The van der Waals surface area contributed by atoms with Crippen LogP contribution in [0.5, 0.6) is 0 Å². The number of hydrogen-bond acceptors (Lipinski definition) is 2. The minimum absolute atomic E-state index is 0.755. The average Bonchev–Trinajstić information content (AvgIpc) is 2.50. The Morgan fingerprint density at radius 3 is 2.75 bits per heavy atom. The average molecular weight is 269 g/mol. The van der Waals surface area contributed by atoms with Crippen LogP contribution in [0.15, 0.2) is 48.0 Å². The molecule has 2 aromatic rings. The molecule has 0 aliphatic rings. The number of methoxy groups -OCH3 is 1. The van der Waals surface area contributed by atoms with Crippen LogP contribution in [-0.4, -0.2) is 26.8 Å². The summed E-state index contributed by atoms with van der Waals surface area (Å²) < 4.78 is 5.05. The van der Waals surface area contributed by atoms with Crippen LogP contribution in [0.25, 0.3) is 16.8 Å². The number of ether oxygens (including phenoxy) is 1. The summed E-state index contributed by atoms with van der Waals surface area (Å²) in [5.41, 5.74) is 2.71. The van der Waals surface area contributed by atoms with Gasteiger partial charge in [0.15, 0.2) is 0 Å². The fourth-order valence-electron chi connectivity index (χ4n) is 2.30. The van der Waals surface area contributed by atoms with E-state index in [4.69, 9.17) is 4.74 Å². The van der Waals surface area contributed by atoms with E-state index >= 15 is 0 Å². The van der Waals surface area contributed by atoms with Gasteiger partial charge in [-0.2, -0.15) is 0 Å². The molecule has 0 fully saturated rings. The summed E-state index contributed by atoms with van der Waals surface area (Å²) in [6.07, 6.45) is 3.37. The molecule has 1 N–H and O–H groups in total. The molecule has 0 bridgehead atoms. The molecule has 0 saturated heterocycles. The van der Waals surface area contributed by atoms with Gasteiger partial charge in [-0.3, -0.25) is 0 Å². The van der Waals surface area contributed by atoms with Crippen LogP contribution in [0.3, 0.4) is 0 Å². The molecule has 2 nitrogen and oxygen atoms in total. The molecule has 20 heavy (non-hydrogen) atoms. The number of benzene rings is 2. The molecule has 0 saturated carbocycles. The first-order valence-electron chi connectivity index (χ1n) is 7.22. The van der Waals surface area contributed by atoms with Crippen molar-refractivity contribution < 1.29 is 4.74 Å². The summed E-state index contributed by atoms with van der Waals surface area (Å²) in [6.45, 7) is 4.77. The first-order chi connectivity index (χ1) is 9.85. The van der Waals surface area contributed by atoms with Gasteiger partial charge >= 0.3 is 0 Å². The van der Waals surface area contributed by atoms with Crippen LogP contribution in [0.2, 0.25) is 0 Å². The van der Waals surface area contributed by atoms with Crippen LogP contribution in [0, 0.1) is 0 Å². The van der Waals surface area contributed by atoms with Crippen molar-refractivity contribution in [1.29, 1.82) is 0 Å². The van der Waals surface area contributed by atoms with Crippen molar-refractivity contribution in [2.45, 2.75) is 13.3 Å². The lowest BCUT2D eigenvalue weighted by atomic mass is 10.0. The maximum Gasteiger partial charge on any atom is 0.0587 e. The first-order valence-corrected chi connectivity index (χ1v) is 7.22. The lowest BCUT2D eigenvalue weighted by molar-refractivity contribution is 0.200. The zero-order valence-electron chi connectivity index (χ0n) is 12.4. The Kier molecular flexibility index (Phi) is 5.78. The number of fused-ring (bicyclic) bond motifs is 1. The van der Waals surface area contributed by atoms with Gasteiger partial charge in [-0.25, -0.2) is 0 Å². The Balaban J connectivity index is 2.17. The highest BCUT2D eigenvalue weighted by molar-refractivity contribution is 5.90. The summed E-state index contributed by atoms with van der Waals surface area (Å²) in [4.78, 5) is 0. The molecular weight excluding hydrogens is 246 g/mol. The van der Waals surface area contributed by atoms with E-state index in [1.54, 1.807) is 7.11 Å². The van der Waals surface area contributed by atoms with Gasteiger partial charge in [0.05, 0.1) is 6.61 Å². The van der Waals surface area contributed by atoms with Gasteiger partial charge in [0, 0.05) is 20.2 Å². The summed E-state index contributed by atoms with van der Waals surface area (Å²) in [5.74, 6) is 0. The second kappa shape index (κ2) is 7.83. The lowest BCUT2D eigenvalue weighted by Crippen LogP contribution is -2.21. The fourth-order valence-corrected chi connectivity index (χ4v) is 2.30. The second-order valence-electron chi connectivity index (χ2n) is 4.89. The van der Waals surface area contributed by atoms with E-state index < -0.39 is 0 Å². The van der Waals surface area contributed by atoms with Gasteiger partial charge in [0.1, 0.15) is 0 Å². The van der Waals surface area contributed by atoms with Crippen LogP contribution >= 0.6 is 0 Å². The Hall–Kier alpha value is -1.64. The van der Waals surface area contributed by atoms with E-state index in [1.807, 2.05) is 0 Å². The lowest BCUT2D eigenvalue weighted by Gasteiger charge is -2.08. The highest BCUT2D eigenvalue weighted by Crippen LogP contribution is 2.21. The Morgan fingerprint density at radius 2 is 1.95 bits per heavy atom. The molecule has 0 amide bonds. The molecule has 106 valence electrons. The van der Waals surface area contributed by atoms with Crippen molar-refractivity contribution in [3.63, 3.8) is 0 Å². The highest BCUT2D eigenvalue weighted by atomic mass is 16.5. The van der Waals surface area contributed by atoms with Crippen LogP contribution in [0.4, 0.5) is 0 Å². The normalized spacial score (nSPS) is 12.0. The van der Waals surface area contributed by atoms with Crippen molar-refractivity contribution in [3.8, 4) is 0 Å². The standard InChI is InChI=1S/C18H23NO/c1-3-15(14-19-11-12-20-2)13-17-9-6-8-16-7-4-5-10-18(16)17/h4-10,13,19H,3,11-12,14H2,1-2H3. The van der Waals surface area contributed by atoms with E-state index in [0.717, 1.165) is 26.1 Å². The van der Waals surface area contributed by atoms with Gasteiger partial charge in [0.25, 0.3) is 0 Å². The van der Waals surface area contributed by atoms with Gasteiger partial charge in [-0.05, 0) is 22.8 Å². The van der Waals surface area contributed by atoms with Gasteiger partial charge in [0.2, 0.25) is 0 Å². The largest absolute Gasteiger partial charge is 0.383 e. The first kappa shape index (κ1) is 14.8. The number of hydrogen-bond donors (Lipinski definition) is 1. The highest BCUT2D eigenvalue weighted by Gasteiger charge is 2.00. The Bertz CT molecular complexity index is 569. The molecule has 0 radical (unpaired) electrons. The van der Waals surface area contributed by atoms with Crippen molar-refractivity contribution in [2.24, 2.45) is 0 Å². The zero-order chi connectivity index (χ0) is 14.2. The van der Waals surface area contributed by atoms with E-state index in [0.29, 0.717) is 0 Å². The van der Waals surface area contributed by atoms with Crippen molar-refractivity contribution in [2.75, 3.05) is 26.8 Å². The van der Waals surface area contributed by atoms with Crippen LogP contribution in [0.1, 0.15) is 18.9 Å². The number of nitrogens with one attached hydrogen (secondary N) is 1.